The molecule has 0 spiro atoms. The Bertz CT molecular complexity index is 2010. The average Bonchev–Trinajstić information content (AvgIpc) is 3.90. The molecule has 4 aromatic rings. The molecular weight excluding hydrogens is 712 g/mol. The van der Waals surface area contributed by atoms with Gasteiger partial charge in [0, 0.05) is 34.5 Å². The predicted molar refractivity (Wildman–Crippen MR) is 194 cm³/mol. The number of hydrogen-bond donors (Lipinski definition) is 6. The first-order valence-electron chi connectivity index (χ1n) is 16.0. The summed E-state index contributed by atoms with van der Waals surface area (Å²) in [5.74, 6) is -1.14. The number of carbonyl (C=O) groups is 2. The van der Waals surface area contributed by atoms with Gasteiger partial charge in [-0.05, 0) is 11.1 Å². The van der Waals surface area contributed by atoms with Crippen molar-refractivity contribution in [3.63, 3.8) is 0 Å². The average molecular weight is 757 g/mol. The van der Waals surface area contributed by atoms with Crippen LogP contribution in [0.2, 0.25) is 0 Å². The number of fused-ring (bicyclic) bond motifs is 2. The van der Waals surface area contributed by atoms with E-state index in [-0.39, 0.29) is 85.9 Å². The van der Waals surface area contributed by atoms with E-state index in [1.54, 1.807) is 27.7 Å². The van der Waals surface area contributed by atoms with Crippen molar-refractivity contribution in [3.05, 3.63) is 54.2 Å². The van der Waals surface area contributed by atoms with Crippen LogP contribution in [0.3, 0.4) is 0 Å². The van der Waals surface area contributed by atoms with E-state index in [0.29, 0.717) is 12.8 Å². The smallest absolute Gasteiger partial charge is 0.280 e. The Kier molecular flexibility index (Phi) is 14.4. The number of ether oxygens (including phenoxy) is 2. The standard InChI is InChI=1S/2C14H18N8O4.2CH4/c2*1-6(2)12(24)18-14-17-11-10(13(25)19-14)16-5-22(11)9-3-7(20-21-15)8(4-23)26-9;;/h2*5-9,23H,3-4H2,1-2H3,(H2,17,18,19,24,25);2*1H4/t2*7-,8?,9?;;/m00../s1. The minimum absolute atomic E-state index is 0. The van der Waals surface area contributed by atoms with Crippen molar-refractivity contribution in [1.29, 1.82) is 0 Å². The maximum absolute atomic E-state index is 12.2. The topological polar surface area (TPSA) is 342 Å². The lowest BCUT2D eigenvalue weighted by molar-refractivity contribution is -0.119. The first-order chi connectivity index (χ1) is 24.9. The molecule has 0 bridgehead atoms. The van der Waals surface area contributed by atoms with Gasteiger partial charge in [-0.1, -0.05) is 52.8 Å². The van der Waals surface area contributed by atoms with Crippen LogP contribution in [0.5, 0.6) is 0 Å². The monoisotopic (exact) mass is 756 g/mol. The van der Waals surface area contributed by atoms with Crippen molar-refractivity contribution < 1.29 is 29.3 Å². The van der Waals surface area contributed by atoms with Gasteiger partial charge in [-0.2, -0.15) is 9.97 Å². The lowest BCUT2D eigenvalue weighted by Crippen LogP contribution is -2.23. The first-order valence-corrected chi connectivity index (χ1v) is 16.0. The maximum atomic E-state index is 12.2. The Morgan fingerprint density at radius 2 is 1.19 bits per heavy atom. The number of nitrogens with one attached hydrogen (secondary N) is 4. The van der Waals surface area contributed by atoms with E-state index in [1.165, 1.54) is 21.8 Å². The molecule has 2 fully saturated rings. The molecule has 0 saturated carbocycles. The lowest BCUT2D eigenvalue weighted by Gasteiger charge is -2.14. The molecule has 0 aliphatic carbocycles. The van der Waals surface area contributed by atoms with Crippen LogP contribution in [0.1, 0.15) is 67.8 Å². The summed E-state index contributed by atoms with van der Waals surface area (Å²) >= 11 is 0. The van der Waals surface area contributed by atoms with Gasteiger partial charge in [-0.15, -0.1) is 0 Å². The molecular formula is C30H44N16O8. The number of nitrogens with zero attached hydrogens (tertiary/aromatic N) is 12. The van der Waals surface area contributed by atoms with Crippen LogP contribution in [-0.4, -0.2) is 98.6 Å². The van der Waals surface area contributed by atoms with Gasteiger partial charge < -0.3 is 19.7 Å². The van der Waals surface area contributed by atoms with Crippen LogP contribution in [0, 0.1) is 11.8 Å². The fourth-order valence-corrected chi connectivity index (χ4v) is 5.39. The molecule has 2 saturated heterocycles. The third-order valence-corrected chi connectivity index (χ3v) is 8.19. The quantitative estimate of drug-likeness (QED) is 0.0772. The van der Waals surface area contributed by atoms with Gasteiger partial charge in [0.1, 0.15) is 12.5 Å². The first kappa shape index (κ1) is 42.5. The van der Waals surface area contributed by atoms with Crippen LogP contribution >= 0.6 is 0 Å². The van der Waals surface area contributed by atoms with Crippen LogP contribution in [-0.2, 0) is 19.1 Å². The minimum Gasteiger partial charge on any atom is -0.394 e. The van der Waals surface area contributed by atoms with Gasteiger partial charge in [0.2, 0.25) is 23.7 Å². The van der Waals surface area contributed by atoms with Gasteiger partial charge in [0.25, 0.3) is 11.1 Å². The Labute approximate surface area is 306 Å². The fourth-order valence-electron chi connectivity index (χ4n) is 5.39. The second-order valence-corrected chi connectivity index (χ2v) is 12.4. The number of H-pyrrole nitrogens is 2. The largest absolute Gasteiger partial charge is 0.394 e. The number of rotatable bonds is 10. The van der Waals surface area contributed by atoms with Crippen LogP contribution in [0.15, 0.2) is 32.5 Å². The number of aliphatic hydroxyl groups excluding tert-OH is 2. The number of aliphatic hydroxyl groups is 2. The molecule has 6 heterocycles. The number of imidazole rings is 2. The van der Waals surface area contributed by atoms with E-state index in [1.807, 2.05) is 0 Å². The molecule has 4 aromatic heterocycles. The van der Waals surface area contributed by atoms with Crippen molar-refractivity contribution in [2.75, 3.05) is 23.8 Å². The third kappa shape index (κ3) is 9.00. The molecule has 292 valence electrons. The molecule has 0 radical (unpaired) electrons. The molecule has 54 heavy (non-hydrogen) atoms. The van der Waals surface area contributed by atoms with E-state index >= 15 is 0 Å². The highest BCUT2D eigenvalue weighted by atomic mass is 16.5. The summed E-state index contributed by atoms with van der Waals surface area (Å²) in [6.07, 6.45) is 0.820. The SMILES string of the molecule is C.C.CC(C)C(=O)Nc1nc2c(ncn2C2C[C@H](N=[N+]=[N-])C(CO)O2)c(=O)[nH]1.CC(C)C(=O)Nc1nc2c(ncn2C2C[C@H](N=[N+]=[N-])C(CO)O2)c(=O)[nH]1. The molecule has 24 nitrogen and oxygen atoms in total. The number of hydrogen-bond acceptors (Lipinski definition) is 14. The van der Waals surface area contributed by atoms with Gasteiger partial charge in [-0.25, -0.2) is 9.97 Å². The number of azide groups is 2. The second kappa shape index (κ2) is 18.2. The summed E-state index contributed by atoms with van der Waals surface area (Å²) < 4.78 is 14.4. The molecule has 6 N–H and O–H groups in total. The van der Waals surface area contributed by atoms with Crippen molar-refractivity contribution in [3.8, 4) is 0 Å². The molecule has 0 aromatic carbocycles. The highest BCUT2D eigenvalue weighted by Crippen LogP contribution is 2.33. The number of carbonyl (C=O) groups excluding carboxylic acids is 2. The van der Waals surface area contributed by atoms with Crippen LogP contribution in [0.25, 0.3) is 43.2 Å². The predicted octanol–water partition coefficient (Wildman–Crippen LogP) is 2.62. The zero-order valence-corrected chi connectivity index (χ0v) is 28.3. The van der Waals surface area contributed by atoms with Crippen molar-refractivity contribution in [2.45, 2.75) is 92.1 Å². The molecule has 2 amide bonds. The molecule has 24 heteroatoms. The van der Waals surface area contributed by atoms with Crippen LogP contribution < -0.4 is 21.8 Å². The van der Waals surface area contributed by atoms with Crippen molar-refractivity contribution in [2.24, 2.45) is 22.1 Å². The van der Waals surface area contributed by atoms with Gasteiger partial charge in [0.15, 0.2) is 22.3 Å². The van der Waals surface area contributed by atoms with E-state index in [0.717, 1.165) is 0 Å². The Morgan fingerprint density at radius 3 is 1.50 bits per heavy atom. The van der Waals surface area contributed by atoms with Gasteiger partial charge in [-0.3, -0.25) is 48.9 Å². The second-order valence-electron chi connectivity index (χ2n) is 12.4. The zero-order chi connectivity index (χ0) is 37.7. The van der Waals surface area contributed by atoms with Crippen LogP contribution in [0.4, 0.5) is 11.9 Å². The summed E-state index contributed by atoms with van der Waals surface area (Å²) in [4.78, 5) is 75.1. The number of aromatic nitrogens is 8. The number of amides is 2. The summed E-state index contributed by atoms with van der Waals surface area (Å²) in [5.41, 5.74) is 16.9. The van der Waals surface area contributed by atoms with Crippen molar-refractivity contribution in [1.82, 2.24) is 39.0 Å². The normalized spacial score (nSPS) is 21.7. The van der Waals surface area contributed by atoms with E-state index in [2.05, 4.69) is 60.6 Å². The molecule has 2 aliphatic rings. The fraction of sp³-hybridized carbons (Fsp3) is 0.600. The summed E-state index contributed by atoms with van der Waals surface area (Å²) in [7, 11) is 0. The number of aromatic amines is 2. The zero-order valence-electron chi connectivity index (χ0n) is 28.3. The molecule has 2 aliphatic heterocycles. The van der Waals surface area contributed by atoms with Gasteiger partial charge in [0.05, 0.1) is 50.2 Å². The van der Waals surface area contributed by atoms with Gasteiger partial charge >= 0.3 is 0 Å². The summed E-state index contributed by atoms with van der Waals surface area (Å²) in [5, 5.41) is 31.1. The van der Waals surface area contributed by atoms with E-state index in [4.69, 9.17) is 20.5 Å². The lowest BCUT2D eigenvalue weighted by atomic mass is 10.1. The Hall–Kier alpha value is -5.90. The molecule has 6 atom stereocenters. The van der Waals surface area contributed by atoms with Crippen molar-refractivity contribution >= 4 is 46.0 Å². The summed E-state index contributed by atoms with van der Waals surface area (Å²) in [6, 6.07) is -1.09. The number of anilines is 2. The highest BCUT2D eigenvalue weighted by molar-refractivity contribution is 5.91. The van der Waals surface area contributed by atoms with E-state index in [9.17, 15) is 29.4 Å². The molecule has 4 unspecified atom stereocenters. The third-order valence-electron chi connectivity index (χ3n) is 8.19. The minimum atomic E-state index is -0.657. The Balaban J connectivity index is 0.000000280. The maximum Gasteiger partial charge on any atom is 0.280 e. The van der Waals surface area contributed by atoms with E-state index < -0.39 is 47.9 Å². The molecule has 6 rings (SSSR count). The summed E-state index contributed by atoms with van der Waals surface area (Å²) in [6.45, 7) is 6.24. The Morgan fingerprint density at radius 1 is 0.815 bits per heavy atom. The highest BCUT2D eigenvalue weighted by Gasteiger charge is 2.37.